The molecule has 0 spiro atoms. The molecule has 0 aliphatic carbocycles. The Bertz CT molecular complexity index is 1090. The maximum atomic E-state index is 11.7. The molecule has 3 aromatic rings. The zero-order chi connectivity index (χ0) is 19.8. The number of rotatable bonds is 7. The van der Waals surface area contributed by atoms with E-state index in [1.165, 1.54) is 0 Å². The zero-order valence-electron chi connectivity index (χ0n) is 15.8. The van der Waals surface area contributed by atoms with Crippen molar-refractivity contribution >= 4 is 37.8 Å². The van der Waals surface area contributed by atoms with Crippen molar-refractivity contribution in [2.75, 3.05) is 18.1 Å². The minimum absolute atomic E-state index is 0.147. The summed E-state index contributed by atoms with van der Waals surface area (Å²) in [6.07, 6.45) is 0. The van der Waals surface area contributed by atoms with Gasteiger partial charge in [-0.2, -0.15) is 0 Å². The van der Waals surface area contributed by atoms with Crippen molar-refractivity contribution in [1.82, 2.24) is 14.5 Å². The van der Waals surface area contributed by atoms with Crippen LogP contribution in [0.15, 0.2) is 24.3 Å². The summed E-state index contributed by atoms with van der Waals surface area (Å²) >= 11 is 0. The summed E-state index contributed by atoms with van der Waals surface area (Å²) in [6, 6.07) is 7.67. The Labute approximate surface area is 158 Å². The Balaban J connectivity index is 2.24. The van der Waals surface area contributed by atoms with Crippen LogP contribution in [0, 0.1) is 5.41 Å². The predicted molar refractivity (Wildman–Crippen MR) is 107 cm³/mol. The molecule has 146 valence electrons. The van der Waals surface area contributed by atoms with Gasteiger partial charge in [-0.3, -0.25) is 0 Å². The van der Waals surface area contributed by atoms with Crippen LogP contribution >= 0.6 is 0 Å². The minimum Gasteiger partial charge on any atom is -0.382 e. The Morgan fingerprint density at radius 3 is 2.59 bits per heavy atom. The number of pyridine rings is 1. The molecule has 0 bridgehead atoms. The van der Waals surface area contributed by atoms with Gasteiger partial charge in [0.2, 0.25) is 10.0 Å². The first kappa shape index (κ1) is 19.5. The van der Waals surface area contributed by atoms with E-state index in [0.717, 1.165) is 16.4 Å². The topological polar surface area (TPSA) is 126 Å². The van der Waals surface area contributed by atoms with Crippen LogP contribution in [0.1, 0.15) is 26.6 Å². The number of nitrogens with zero attached hydrogens (tertiary/aromatic N) is 3. The quantitative estimate of drug-likeness (QED) is 0.634. The fourth-order valence-electron chi connectivity index (χ4n) is 3.40. The van der Waals surface area contributed by atoms with Crippen molar-refractivity contribution in [3.8, 4) is 0 Å². The van der Waals surface area contributed by atoms with Gasteiger partial charge >= 0.3 is 0 Å². The molecule has 0 atom stereocenters. The third-order valence-corrected chi connectivity index (χ3v) is 5.49. The monoisotopic (exact) mass is 391 g/mol. The molecule has 0 saturated carbocycles. The summed E-state index contributed by atoms with van der Waals surface area (Å²) in [4.78, 5) is 9.09. The minimum atomic E-state index is -3.62. The smallest absolute Gasteiger partial charge is 0.209 e. The highest BCUT2D eigenvalue weighted by atomic mass is 32.2. The Morgan fingerprint density at radius 1 is 1.22 bits per heavy atom. The first-order valence-corrected chi connectivity index (χ1v) is 10.4. The lowest BCUT2D eigenvalue weighted by Gasteiger charge is -2.25. The third-order valence-electron chi connectivity index (χ3n) is 4.30. The number of hydrogen-bond acceptors (Lipinski definition) is 6. The van der Waals surface area contributed by atoms with Crippen LogP contribution in [0.3, 0.4) is 0 Å². The molecule has 3 rings (SSSR count). The molecule has 27 heavy (non-hydrogen) atoms. The lowest BCUT2D eigenvalue weighted by molar-refractivity contribution is 0.124. The van der Waals surface area contributed by atoms with E-state index in [0.29, 0.717) is 36.9 Å². The molecule has 4 N–H and O–H groups in total. The maximum Gasteiger partial charge on any atom is 0.209 e. The first-order valence-electron chi connectivity index (χ1n) is 8.73. The number of ether oxygens (including phenoxy) is 1. The van der Waals surface area contributed by atoms with Crippen molar-refractivity contribution in [3.63, 3.8) is 0 Å². The van der Waals surface area contributed by atoms with Gasteiger partial charge in [0.1, 0.15) is 17.9 Å². The molecule has 0 radical (unpaired) electrons. The largest absolute Gasteiger partial charge is 0.382 e. The van der Waals surface area contributed by atoms with E-state index in [4.69, 9.17) is 15.6 Å². The van der Waals surface area contributed by atoms with Gasteiger partial charge in [0.15, 0.2) is 5.82 Å². The second-order valence-electron chi connectivity index (χ2n) is 7.43. The first-order chi connectivity index (χ1) is 12.6. The lowest BCUT2D eigenvalue weighted by atomic mass is 9.96. The van der Waals surface area contributed by atoms with Crippen molar-refractivity contribution in [2.24, 2.45) is 10.6 Å². The standard InChI is InChI=1S/C18H25N5O3S/c1-4-26-9-14-22-15-16(12-7-5-6-8-13(12)21-17(15)19)23(14)10-18(2,3)11-27(20,24)25/h5-8H,4,9-11H2,1-3H3,(H2,19,21)(H2,20,24,25). The summed E-state index contributed by atoms with van der Waals surface area (Å²) in [5.41, 5.74) is 7.73. The highest BCUT2D eigenvalue weighted by molar-refractivity contribution is 7.89. The normalized spacial score (nSPS) is 12.9. The third kappa shape index (κ3) is 4.20. The van der Waals surface area contributed by atoms with Gasteiger partial charge in [-0.15, -0.1) is 0 Å². The van der Waals surface area contributed by atoms with Crippen LogP contribution in [0.4, 0.5) is 5.82 Å². The summed E-state index contributed by atoms with van der Waals surface area (Å²) in [5.74, 6) is 0.871. The van der Waals surface area contributed by atoms with Crippen molar-refractivity contribution in [2.45, 2.75) is 33.9 Å². The fraction of sp³-hybridized carbons (Fsp3) is 0.444. The number of imidazole rings is 1. The van der Waals surface area contributed by atoms with Crippen LogP contribution in [0.25, 0.3) is 21.9 Å². The van der Waals surface area contributed by atoms with E-state index in [2.05, 4.69) is 9.97 Å². The second kappa shape index (κ2) is 7.06. The van der Waals surface area contributed by atoms with E-state index in [1.54, 1.807) is 0 Å². The molecular weight excluding hydrogens is 366 g/mol. The van der Waals surface area contributed by atoms with Crippen LogP contribution in [0.5, 0.6) is 0 Å². The Morgan fingerprint density at radius 2 is 1.93 bits per heavy atom. The average Bonchev–Trinajstić information content (AvgIpc) is 2.89. The highest BCUT2D eigenvalue weighted by Gasteiger charge is 2.28. The molecule has 0 aliphatic rings. The molecule has 0 aliphatic heterocycles. The molecule has 0 unspecified atom stereocenters. The number of para-hydroxylation sites is 1. The van der Waals surface area contributed by atoms with Crippen molar-refractivity contribution in [3.05, 3.63) is 30.1 Å². The van der Waals surface area contributed by atoms with E-state index in [-0.39, 0.29) is 5.75 Å². The Hall–Kier alpha value is -2.23. The van der Waals surface area contributed by atoms with Crippen LogP contribution in [0.2, 0.25) is 0 Å². The SMILES string of the molecule is CCOCc1nc2c(N)nc3ccccc3c2n1CC(C)(C)CS(N)(=O)=O. The lowest BCUT2D eigenvalue weighted by Crippen LogP contribution is -2.33. The van der Waals surface area contributed by atoms with Gasteiger partial charge in [-0.05, 0) is 18.4 Å². The molecule has 8 nitrogen and oxygen atoms in total. The molecule has 2 aromatic heterocycles. The van der Waals surface area contributed by atoms with E-state index in [9.17, 15) is 8.42 Å². The number of hydrogen-bond donors (Lipinski definition) is 2. The van der Waals surface area contributed by atoms with Gasteiger partial charge in [0.25, 0.3) is 0 Å². The Kier molecular flexibility index (Phi) is 5.11. The molecule has 0 fully saturated rings. The number of fused-ring (bicyclic) bond motifs is 3. The number of anilines is 1. The number of nitrogen functional groups attached to an aromatic ring is 1. The fourth-order valence-corrected chi connectivity index (χ4v) is 4.58. The zero-order valence-corrected chi connectivity index (χ0v) is 16.6. The van der Waals surface area contributed by atoms with Gasteiger partial charge < -0.3 is 15.0 Å². The van der Waals surface area contributed by atoms with E-state index >= 15 is 0 Å². The molecule has 9 heteroatoms. The van der Waals surface area contributed by atoms with Gasteiger partial charge in [0.05, 0.1) is 16.8 Å². The summed E-state index contributed by atoms with van der Waals surface area (Å²) < 4.78 is 30.9. The molecule has 0 saturated heterocycles. The summed E-state index contributed by atoms with van der Waals surface area (Å²) in [5, 5.41) is 6.19. The number of primary sulfonamides is 1. The second-order valence-corrected chi connectivity index (χ2v) is 9.05. The van der Waals surface area contributed by atoms with E-state index < -0.39 is 15.4 Å². The number of benzene rings is 1. The van der Waals surface area contributed by atoms with Crippen LogP contribution in [-0.4, -0.2) is 35.3 Å². The molecular formula is C18H25N5O3S. The van der Waals surface area contributed by atoms with Crippen LogP contribution in [-0.2, 0) is 27.9 Å². The number of sulfonamides is 1. The van der Waals surface area contributed by atoms with Crippen molar-refractivity contribution in [1.29, 1.82) is 0 Å². The van der Waals surface area contributed by atoms with Gasteiger partial charge in [0, 0.05) is 18.5 Å². The van der Waals surface area contributed by atoms with Crippen molar-refractivity contribution < 1.29 is 13.2 Å². The summed E-state index contributed by atoms with van der Waals surface area (Å²) in [6.45, 7) is 6.86. The molecule has 0 amide bonds. The molecule has 2 heterocycles. The summed E-state index contributed by atoms with van der Waals surface area (Å²) in [7, 11) is -3.62. The molecule has 1 aromatic carbocycles. The van der Waals surface area contributed by atoms with Gasteiger partial charge in [-0.25, -0.2) is 23.5 Å². The number of nitrogens with two attached hydrogens (primary N) is 2. The van der Waals surface area contributed by atoms with Gasteiger partial charge in [-0.1, -0.05) is 32.0 Å². The average molecular weight is 391 g/mol. The van der Waals surface area contributed by atoms with Crippen LogP contribution < -0.4 is 10.9 Å². The maximum absolute atomic E-state index is 11.7. The van der Waals surface area contributed by atoms with E-state index in [1.807, 2.05) is 49.6 Å². The highest BCUT2D eigenvalue weighted by Crippen LogP contribution is 2.32. The number of aromatic nitrogens is 3. The predicted octanol–water partition coefficient (Wildman–Crippen LogP) is 2.02.